The number of aryl methyl sites for hydroxylation is 1. The first-order chi connectivity index (χ1) is 10.1. The second-order valence-electron chi connectivity index (χ2n) is 4.48. The predicted octanol–water partition coefficient (Wildman–Crippen LogP) is 1.80. The second kappa shape index (κ2) is 5.45. The van der Waals surface area contributed by atoms with E-state index in [0.29, 0.717) is 16.2 Å². The molecule has 0 atom stereocenters. The standard InChI is InChI=1S/C14H12N4O2S/c1-9-10-4-2-3-5-11(10)13(20)18(17-9)8-12(19)16-14-15-6-7-21-14/h2-7H,8H2,1H3,(H,15,16,19). The molecular weight excluding hydrogens is 288 g/mol. The molecule has 2 heterocycles. The lowest BCUT2D eigenvalue weighted by Crippen LogP contribution is -2.30. The van der Waals surface area contributed by atoms with Crippen LogP contribution >= 0.6 is 11.3 Å². The topological polar surface area (TPSA) is 76.9 Å². The zero-order valence-electron chi connectivity index (χ0n) is 11.2. The van der Waals surface area contributed by atoms with Crippen LogP contribution in [0.15, 0.2) is 40.6 Å². The van der Waals surface area contributed by atoms with E-state index in [1.54, 1.807) is 23.7 Å². The molecule has 0 bridgehead atoms. The number of benzene rings is 1. The SMILES string of the molecule is Cc1nn(CC(=O)Nc2nccs2)c(=O)c2ccccc12. The van der Waals surface area contributed by atoms with Gasteiger partial charge in [-0.15, -0.1) is 11.3 Å². The molecule has 0 spiro atoms. The number of nitrogens with zero attached hydrogens (tertiary/aromatic N) is 3. The van der Waals surface area contributed by atoms with Crippen molar-refractivity contribution in [2.24, 2.45) is 0 Å². The number of aromatic nitrogens is 3. The van der Waals surface area contributed by atoms with E-state index in [0.717, 1.165) is 5.39 Å². The molecular formula is C14H12N4O2S. The summed E-state index contributed by atoms with van der Waals surface area (Å²) in [5.41, 5.74) is 0.442. The third-order valence-electron chi connectivity index (χ3n) is 3.02. The van der Waals surface area contributed by atoms with Crippen molar-refractivity contribution < 1.29 is 4.79 Å². The summed E-state index contributed by atoms with van der Waals surface area (Å²) >= 11 is 1.32. The Balaban J connectivity index is 1.92. The quantitative estimate of drug-likeness (QED) is 0.800. The molecule has 0 unspecified atom stereocenters. The van der Waals surface area contributed by atoms with E-state index in [4.69, 9.17) is 0 Å². The Labute approximate surface area is 124 Å². The van der Waals surface area contributed by atoms with Crippen LogP contribution in [-0.2, 0) is 11.3 Å². The smallest absolute Gasteiger partial charge is 0.275 e. The van der Waals surface area contributed by atoms with E-state index in [1.165, 1.54) is 16.0 Å². The first kappa shape index (κ1) is 13.4. The molecule has 3 aromatic rings. The number of anilines is 1. The van der Waals surface area contributed by atoms with Crippen molar-refractivity contribution >= 4 is 33.1 Å². The van der Waals surface area contributed by atoms with Crippen molar-refractivity contribution in [3.8, 4) is 0 Å². The monoisotopic (exact) mass is 300 g/mol. The van der Waals surface area contributed by atoms with Gasteiger partial charge in [-0.1, -0.05) is 18.2 Å². The first-order valence-corrected chi connectivity index (χ1v) is 7.19. The van der Waals surface area contributed by atoms with Gasteiger partial charge in [0.05, 0.1) is 11.1 Å². The molecule has 2 aromatic heterocycles. The van der Waals surface area contributed by atoms with E-state index < -0.39 is 0 Å². The summed E-state index contributed by atoms with van der Waals surface area (Å²) in [6, 6.07) is 7.24. The van der Waals surface area contributed by atoms with Gasteiger partial charge in [0.2, 0.25) is 5.91 Å². The molecule has 6 nitrogen and oxygen atoms in total. The fourth-order valence-corrected chi connectivity index (χ4v) is 2.64. The molecule has 0 radical (unpaired) electrons. The largest absolute Gasteiger partial charge is 0.300 e. The fourth-order valence-electron chi connectivity index (χ4n) is 2.09. The Morgan fingerprint density at radius 1 is 1.33 bits per heavy atom. The van der Waals surface area contributed by atoms with Gasteiger partial charge in [-0.3, -0.25) is 9.59 Å². The van der Waals surface area contributed by atoms with Crippen molar-refractivity contribution in [1.29, 1.82) is 0 Å². The first-order valence-electron chi connectivity index (χ1n) is 6.31. The van der Waals surface area contributed by atoms with Crippen LogP contribution in [0.2, 0.25) is 0 Å². The van der Waals surface area contributed by atoms with Crippen LogP contribution in [-0.4, -0.2) is 20.7 Å². The Hall–Kier alpha value is -2.54. The fraction of sp³-hybridized carbons (Fsp3) is 0.143. The third-order valence-corrected chi connectivity index (χ3v) is 3.71. The molecule has 7 heteroatoms. The number of fused-ring (bicyclic) bond motifs is 1. The van der Waals surface area contributed by atoms with Crippen LogP contribution in [0.4, 0.5) is 5.13 Å². The molecule has 0 fully saturated rings. The summed E-state index contributed by atoms with van der Waals surface area (Å²) in [5.74, 6) is -0.325. The predicted molar refractivity (Wildman–Crippen MR) is 81.5 cm³/mol. The average molecular weight is 300 g/mol. The highest BCUT2D eigenvalue weighted by atomic mass is 32.1. The van der Waals surface area contributed by atoms with Gasteiger partial charge in [0.1, 0.15) is 6.54 Å². The van der Waals surface area contributed by atoms with Crippen LogP contribution in [0.1, 0.15) is 5.69 Å². The van der Waals surface area contributed by atoms with E-state index in [-0.39, 0.29) is 18.0 Å². The summed E-state index contributed by atoms with van der Waals surface area (Å²) in [7, 11) is 0. The lowest BCUT2D eigenvalue weighted by molar-refractivity contribution is -0.117. The molecule has 0 aliphatic heterocycles. The Morgan fingerprint density at radius 3 is 2.81 bits per heavy atom. The molecule has 1 amide bonds. The molecule has 1 aromatic carbocycles. The summed E-state index contributed by atoms with van der Waals surface area (Å²) < 4.78 is 1.18. The second-order valence-corrected chi connectivity index (χ2v) is 5.37. The van der Waals surface area contributed by atoms with Crippen LogP contribution in [0, 0.1) is 6.92 Å². The Morgan fingerprint density at radius 2 is 2.10 bits per heavy atom. The summed E-state index contributed by atoms with van der Waals surface area (Å²) in [4.78, 5) is 28.2. The molecule has 3 rings (SSSR count). The molecule has 21 heavy (non-hydrogen) atoms. The zero-order chi connectivity index (χ0) is 14.8. The maximum atomic E-state index is 12.3. The van der Waals surface area contributed by atoms with Gasteiger partial charge >= 0.3 is 0 Å². The zero-order valence-corrected chi connectivity index (χ0v) is 12.1. The van der Waals surface area contributed by atoms with Crippen LogP contribution in [0.25, 0.3) is 10.8 Å². The van der Waals surface area contributed by atoms with Gasteiger partial charge in [-0.2, -0.15) is 5.10 Å². The minimum absolute atomic E-state index is 0.135. The summed E-state index contributed by atoms with van der Waals surface area (Å²) in [6.45, 7) is 1.68. The van der Waals surface area contributed by atoms with Crippen molar-refractivity contribution in [2.75, 3.05) is 5.32 Å². The van der Waals surface area contributed by atoms with Crippen LogP contribution in [0.5, 0.6) is 0 Å². The molecule has 0 aliphatic carbocycles. The van der Waals surface area contributed by atoms with Crippen LogP contribution < -0.4 is 10.9 Å². The lowest BCUT2D eigenvalue weighted by atomic mass is 10.1. The highest BCUT2D eigenvalue weighted by molar-refractivity contribution is 7.13. The van der Waals surface area contributed by atoms with Crippen LogP contribution in [0.3, 0.4) is 0 Å². The highest BCUT2D eigenvalue weighted by Crippen LogP contribution is 2.12. The molecule has 0 saturated carbocycles. The Kier molecular flexibility index (Phi) is 3.49. The number of amides is 1. The summed E-state index contributed by atoms with van der Waals surface area (Å²) in [6.07, 6.45) is 1.60. The van der Waals surface area contributed by atoms with Crippen molar-refractivity contribution in [3.05, 3.63) is 51.9 Å². The van der Waals surface area contributed by atoms with E-state index in [9.17, 15) is 9.59 Å². The van der Waals surface area contributed by atoms with Gasteiger partial charge in [0.25, 0.3) is 5.56 Å². The number of carbonyl (C=O) groups excluding carboxylic acids is 1. The van der Waals surface area contributed by atoms with Crippen molar-refractivity contribution in [1.82, 2.24) is 14.8 Å². The number of hydrogen-bond donors (Lipinski definition) is 1. The molecule has 1 N–H and O–H groups in total. The number of nitrogens with one attached hydrogen (secondary N) is 1. The van der Waals surface area contributed by atoms with Gasteiger partial charge in [-0.05, 0) is 13.0 Å². The van der Waals surface area contributed by atoms with Gasteiger partial charge in [-0.25, -0.2) is 9.67 Å². The number of rotatable bonds is 3. The molecule has 0 aliphatic rings. The third kappa shape index (κ3) is 2.68. The Bertz CT molecular complexity index is 855. The van der Waals surface area contributed by atoms with E-state index >= 15 is 0 Å². The van der Waals surface area contributed by atoms with E-state index in [1.807, 2.05) is 19.1 Å². The molecule has 106 valence electrons. The maximum Gasteiger partial charge on any atom is 0.275 e. The lowest BCUT2D eigenvalue weighted by Gasteiger charge is -2.08. The van der Waals surface area contributed by atoms with Crippen molar-refractivity contribution in [3.63, 3.8) is 0 Å². The number of carbonyl (C=O) groups is 1. The van der Waals surface area contributed by atoms with Crippen molar-refractivity contribution in [2.45, 2.75) is 13.5 Å². The minimum Gasteiger partial charge on any atom is -0.300 e. The minimum atomic E-state index is -0.325. The van der Waals surface area contributed by atoms with Gasteiger partial charge in [0, 0.05) is 17.0 Å². The maximum absolute atomic E-state index is 12.3. The average Bonchev–Trinajstić information content (AvgIpc) is 2.97. The summed E-state index contributed by atoms with van der Waals surface area (Å²) in [5, 5.41) is 10.5. The van der Waals surface area contributed by atoms with E-state index in [2.05, 4.69) is 15.4 Å². The molecule has 0 saturated heterocycles. The number of thiazole rings is 1. The highest BCUT2D eigenvalue weighted by Gasteiger charge is 2.11. The van der Waals surface area contributed by atoms with Gasteiger partial charge < -0.3 is 5.32 Å². The van der Waals surface area contributed by atoms with Gasteiger partial charge in [0.15, 0.2) is 5.13 Å². The normalized spacial score (nSPS) is 10.7. The number of hydrogen-bond acceptors (Lipinski definition) is 5.